The van der Waals surface area contributed by atoms with E-state index in [4.69, 9.17) is 9.47 Å². The molecular formula is C23H22FN3O6S. The molecule has 3 aromatic rings. The van der Waals surface area contributed by atoms with Crippen LogP contribution in [0, 0.1) is 5.82 Å². The molecule has 0 aliphatic rings. The van der Waals surface area contributed by atoms with Crippen molar-refractivity contribution < 1.29 is 31.9 Å². The number of hydrogen-bond acceptors (Lipinski definition) is 6. The van der Waals surface area contributed by atoms with Gasteiger partial charge in [-0.05, 0) is 66.7 Å². The van der Waals surface area contributed by atoms with Gasteiger partial charge in [0, 0.05) is 16.9 Å². The maximum Gasteiger partial charge on any atom is 0.265 e. The fraction of sp³-hybridized carbons (Fsp3) is 0.130. The fourth-order valence-corrected chi connectivity index (χ4v) is 4.16. The van der Waals surface area contributed by atoms with Gasteiger partial charge in [-0.1, -0.05) is 0 Å². The molecule has 3 rings (SSSR count). The molecule has 0 bridgehead atoms. The summed E-state index contributed by atoms with van der Waals surface area (Å²) in [5.41, 5.74) is 0.675. The highest BCUT2D eigenvalue weighted by Crippen LogP contribution is 2.29. The highest BCUT2D eigenvalue weighted by molar-refractivity contribution is 7.92. The molecule has 0 saturated heterocycles. The first-order chi connectivity index (χ1) is 16.2. The molecule has 0 aromatic heterocycles. The summed E-state index contributed by atoms with van der Waals surface area (Å²) in [6.45, 7) is -0.381. The summed E-state index contributed by atoms with van der Waals surface area (Å²) in [6.07, 6.45) is 0. The Labute approximate surface area is 195 Å². The first kappa shape index (κ1) is 24.5. The van der Waals surface area contributed by atoms with E-state index in [2.05, 4.69) is 15.4 Å². The van der Waals surface area contributed by atoms with Gasteiger partial charge < -0.3 is 20.1 Å². The summed E-state index contributed by atoms with van der Waals surface area (Å²) >= 11 is 0. The minimum absolute atomic E-state index is 0.0728. The van der Waals surface area contributed by atoms with Crippen molar-refractivity contribution in [2.45, 2.75) is 4.90 Å². The summed E-state index contributed by atoms with van der Waals surface area (Å²) in [5.74, 6) is -0.995. The molecule has 3 aromatic carbocycles. The van der Waals surface area contributed by atoms with Gasteiger partial charge in [-0.3, -0.25) is 14.3 Å². The number of methoxy groups -OCH3 is 2. The van der Waals surface area contributed by atoms with Crippen LogP contribution in [-0.2, 0) is 14.8 Å². The zero-order valence-corrected chi connectivity index (χ0v) is 19.1. The van der Waals surface area contributed by atoms with Gasteiger partial charge in [0.05, 0.1) is 20.8 Å². The van der Waals surface area contributed by atoms with Crippen LogP contribution >= 0.6 is 0 Å². The molecule has 0 aliphatic heterocycles. The quantitative estimate of drug-likeness (QED) is 0.427. The Hall–Kier alpha value is -4.12. The summed E-state index contributed by atoms with van der Waals surface area (Å²) in [6, 6.07) is 15.2. The molecule has 34 heavy (non-hydrogen) atoms. The van der Waals surface area contributed by atoms with Gasteiger partial charge in [0.25, 0.3) is 15.9 Å². The second kappa shape index (κ2) is 10.7. The largest absolute Gasteiger partial charge is 0.497 e. The van der Waals surface area contributed by atoms with E-state index < -0.39 is 27.7 Å². The highest BCUT2D eigenvalue weighted by atomic mass is 32.2. The molecule has 0 spiro atoms. The van der Waals surface area contributed by atoms with Crippen molar-refractivity contribution in [1.82, 2.24) is 5.32 Å². The molecule has 2 amide bonds. The number of halogens is 1. The van der Waals surface area contributed by atoms with Crippen LogP contribution in [0.1, 0.15) is 10.4 Å². The number of carbonyl (C=O) groups is 2. The van der Waals surface area contributed by atoms with Crippen molar-refractivity contribution in [2.75, 3.05) is 30.8 Å². The number of benzene rings is 3. The van der Waals surface area contributed by atoms with Crippen LogP contribution in [0.3, 0.4) is 0 Å². The van der Waals surface area contributed by atoms with Crippen LogP contribution in [0.4, 0.5) is 15.8 Å². The molecule has 178 valence electrons. The predicted molar refractivity (Wildman–Crippen MR) is 124 cm³/mol. The van der Waals surface area contributed by atoms with Crippen LogP contribution < -0.4 is 24.8 Å². The lowest BCUT2D eigenvalue weighted by molar-refractivity contribution is -0.115. The fourth-order valence-electron chi connectivity index (χ4n) is 2.90. The Kier molecular flexibility index (Phi) is 7.69. The van der Waals surface area contributed by atoms with E-state index in [0.717, 1.165) is 12.1 Å². The van der Waals surface area contributed by atoms with E-state index in [1.165, 1.54) is 56.7 Å². The topological polar surface area (TPSA) is 123 Å². The standard InChI is InChI=1S/C23H22FN3O6S/c1-32-19-10-7-17(8-11-19)27-34(30,31)21-13-18(9-12-20(21)33-2)26-22(28)14-25-23(29)15-3-5-16(24)6-4-15/h3-13,27H,14H2,1-2H3,(H,25,29)(H,26,28). The van der Waals surface area contributed by atoms with E-state index in [1.807, 2.05) is 0 Å². The highest BCUT2D eigenvalue weighted by Gasteiger charge is 2.21. The number of rotatable bonds is 9. The van der Waals surface area contributed by atoms with Gasteiger partial charge in [-0.2, -0.15) is 0 Å². The zero-order chi connectivity index (χ0) is 24.7. The molecule has 0 fully saturated rings. The second-order valence-corrected chi connectivity index (χ2v) is 8.59. The Balaban J connectivity index is 1.70. The Morgan fingerprint density at radius 3 is 2.15 bits per heavy atom. The monoisotopic (exact) mass is 487 g/mol. The van der Waals surface area contributed by atoms with Crippen LogP contribution in [0.2, 0.25) is 0 Å². The summed E-state index contributed by atoms with van der Waals surface area (Å²) in [7, 11) is -1.24. The smallest absolute Gasteiger partial charge is 0.265 e. The van der Waals surface area contributed by atoms with Gasteiger partial charge >= 0.3 is 0 Å². The third-order valence-electron chi connectivity index (χ3n) is 4.60. The molecular weight excluding hydrogens is 465 g/mol. The summed E-state index contributed by atoms with van der Waals surface area (Å²) in [4.78, 5) is 24.2. The average molecular weight is 488 g/mol. The number of ether oxygens (including phenoxy) is 2. The predicted octanol–water partition coefficient (Wildman–Crippen LogP) is 3.01. The SMILES string of the molecule is COc1ccc(NS(=O)(=O)c2cc(NC(=O)CNC(=O)c3ccc(F)cc3)ccc2OC)cc1. The molecule has 0 radical (unpaired) electrons. The molecule has 0 unspecified atom stereocenters. The molecule has 0 aliphatic carbocycles. The third kappa shape index (κ3) is 6.23. The Bertz CT molecular complexity index is 1280. The molecule has 0 heterocycles. The summed E-state index contributed by atoms with van der Waals surface area (Å²) < 4.78 is 51.5. The first-order valence-corrected chi connectivity index (χ1v) is 11.4. The molecule has 3 N–H and O–H groups in total. The van der Waals surface area contributed by atoms with Crippen LogP contribution in [0.25, 0.3) is 0 Å². The number of anilines is 2. The molecule has 0 atom stereocenters. The molecule has 0 saturated carbocycles. The maximum atomic E-state index is 13.0. The third-order valence-corrected chi connectivity index (χ3v) is 6.00. The van der Waals surface area contributed by atoms with Crippen molar-refractivity contribution >= 4 is 33.2 Å². The maximum absolute atomic E-state index is 13.0. The van der Waals surface area contributed by atoms with E-state index in [1.54, 1.807) is 12.1 Å². The number of sulfonamides is 1. The van der Waals surface area contributed by atoms with Gasteiger partial charge in [-0.25, -0.2) is 12.8 Å². The van der Waals surface area contributed by atoms with Gasteiger partial charge in [-0.15, -0.1) is 0 Å². The van der Waals surface area contributed by atoms with E-state index in [0.29, 0.717) is 11.4 Å². The van der Waals surface area contributed by atoms with Crippen molar-refractivity contribution in [2.24, 2.45) is 0 Å². The number of carbonyl (C=O) groups excluding carboxylic acids is 2. The minimum atomic E-state index is -4.07. The average Bonchev–Trinajstić information content (AvgIpc) is 2.83. The van der Waals surface area contributed by atoms with Crippen LogP contribution in [0.15, 0.2) is 71.6 Å². The van der Waals surface area contributed by atoms with Crippen LogP contribution in [-0.4, -0.2) is 41.0 Å². The lowest BCUT2D eigenvalue weighted by Crippen LogP contribution is -2.32. The number of hydrogen-bond donors (Lipinski definition) is 3. The molecule has 9 nitrogen and oxygen atoms in total. The lowest BCUT2D eigenvalue weighted by Gasteiger charge is -2.14. The van der Waals surface area contributed by atoms with Crippen molar-refractivity contribution in [1.29, 1.82) is 0 Å². The van der Waals surface area contributed by atoms with Gasteiger partial charge in [0.15, 0.2) is 0 Å². The van der Waals surface area contributed by atoms with Gasteiger partial charge in [0.1, 0.15) is 22.2 Å². The molecule has 11 heteroatoms. The second-order valence-electron chi connectivity index (χ2n) is 6.94. The van der Waals surface area contributed by atoms with Crippen LogP contribution in [0.5, 0.6) is 11.5 Å². The van der Waals surface area contributed by atoms with E-state index >= 15 is 0 Å². The normalized spacial score (nSPS) is 10.8. The van der Waals surface area contributed by atoms with E-state index in [9.17, 15) is 22.4 Å². The van der Waals surface area contributed by atoms with Gasteiger partial charge in [0.2, 0.25) is 5.91 Å². The lowest BCUT2D eigenvalue weighted by atomic mass is 10.2. The first-order valence-electron chi connectivity index (χ1n) is 9.90. The zero-order valence-electron chi connectivity index (χ0n) is 18.3. The Morgan fingerprint density at radius 2 is 1.53 bits per heavy atom. The van der Waals surface area contributed by atoms with Crippen molar-refractivity contribution in [3.8, 4) is 11.5 Å². The number of nitrogens with one attached hydrogen (secondary N) is 3. The number of amides is 2. The minimum Gasteiger partial charge on any atom is -0.497 e. The van der Waals surface area contributed by atoms with Crippen molar-refractivity contribution in [3.05, 3.63) is 78.1 Å². The van der Waals surface area contributed by atoms with Crippen molar-refractivity contribution in [3.63, 3.8) is 0 Å². The Morgan fingerprint density at radius 1 is 0.882 bits per heavy atom. The van der Waals surface area contributed by atoms with E-state index in [-0.39, 0.29) is 28.4 Å². The summed E-state index contributed by atoms with van der Waals surface area (Å²) in [5, 5.41) is 4.93.